The summed E-state index contributed by atoms with van der Waals surface area (Å²) in [6.45, 7) is 2.62. The standard InChI is InChI=1S/C27H27ClF2N2O4/c28-21-7-4-17-13-20(6-3-18(17)14-21)27(29,30)26(34)31-22(16-32-9-1-2-10-32)25(33)19-5-8-23-24(15-19)36-12-11-35-23/h3-8,13-15,22,25,33H,1-2,9-12,16H2,(H,31,34). The molecule has 6 nitrogen and oxygen atoms in total. The quantitative estimate of drug-likeness (QED) is 0.477. The number of alkyl halides is 2. The Morgan fingerprint density at radius 2 is 1.69 bits per heavy atom. The minimum atomic E-state index is -3.80. The summed E-state index contributed by atoms with van der Waals surface area (Å²) < 4.78 is 41.8. The number of ether oxygens (including phenoxy) is 2. The maximum Gasteiger partial charge on any atom is 0.349 e. The van der Waals surface area contributed by atoms with Crippen molar-refractivity contribution in [2.24, 2.45) is 0 Å². The summed E-state index contributed by atoms with van der Waals surface area (Å²) in [4.78, 5) is 15.0. The number of halogens is 3. The lowest BCUT2D eigenvalue weighted by Gasteiger charge is -2.30. The highest BCUT2D eigenvalue weighted by atomic mass is 35.5. The molecule has 2 aliphatic rings. The molecule has 0 radical (unpaired) electrons. The molecule has 3 aromatic carbocycles. The van der Waals surface area contributed by atoms with E-state index in [1.54, 1.807) is 36.4 Å². The van der Waals surface area contributed by atoms with Crippen LogP contribution in [0.4, 0.5) is 8.78 Å². The summed E-state index contributed by atoms with van der Waals surface area (Å²) in [6.07, 6.45) is 0.746. The predicted octanol–water partition coefficient (Wildman–Crippen LogP) is 4.67. The number of hydrogen-bond donors (Lipinski definition) is 2. The Morgan fingerprint density at radius 3 is 2.47 bits per heavy atom. The zero-order valence-electron chi connectivity index (χ0n) is 19.6. The summed E-state index contributed by atoms with van der Waals surface area (Å²) in [5, 5.41) is 15.4. The van der Waals surface area contributed by atoms with Crippen LogP contribution in [-0.4, -0.2) is 54.8 Å². The zero-order chi connectivity index (χ0) is 25.3. The van der Waals surface area contributed by atoms with Gasteiger partial charge in [-0.15, -0.1) is 0 Å². The molecule has 1 fully saturated rings. The first-order chi connectivity index (χ1) is 17.3. The van der Waals surface area contributed by atoms with Crippen molar-refractivity contribution in [3.63, 3.8) is 0 Å². The highest BCUT2D eigenvalue weighted by molar-refractivity contribution is 6.31. The van der Waals surface area contributed by atoms with Crippen LogP contribution in [-0.2, 0) is 10.7 Å². The number of aliphatic hydroxyl groups is 1. The van der Waals surface area contributed by atoms with Gasteiger partial charge in [-0.05, 0) is 72.6 Å². The molecule has 190 valence electrons. The fourth-order valence-electron chi connectivity index (χ4n) is 4.75. The number of hydrogen-bond acceptors (Lipinski definition) is 5. The van der Waals surface area contributed by atoms with E-state index in [0.29, 0.717) is 46.1 Å². The van der Waals surface area contributed by atoms with Gasteiger partial charge in [-0.25, -0.2) is 0 Å². The normalized spacial score (nSPS) is 17.7. The van der Waals surface area contributed by atoms with Gasteiger partial charge >= 0.3 is 5.92 Å². The zero-order valence-corrected chi connectivity index (χ0v) is 20.3. The summed E-state index contributed by atoms with van der Waals surface area (Å²) >= 11 is 5.99. The Balaban J connectivity index is 1.39. The second-order valence-electron chi connectivity index (χ2n) is 9.22. The van der Waals surface area contributed by atoms with Gasteiger partial charge in [0.1, 0.15) is 19.3 Å². The van der Waals surface area contributed by atoms with Crippen molar-refractivity contribution in [1.82, 2.24) is 10.2 Å². The number of amides is 1. The molecule has 9 heteroatoms. The molecule has 0 aromatic heterocycles. The molecule has 0 aliphatic carbocycles. The van der Waals surface area contributed by atoms with Gasteiger partial charge in [0, 0.05) is 17.1 Å². The molecule has 2 atom stereocenters. The molecule has 1 saturated heterocycles. The number of aliphatic hydroxyl groups excluding tert-OH is 1. The van der Waals surface area contributed by atoms with E-state index in [2.05, 4.69) is 10.2 Å². The third kappa shape index (κ3) is 5.12. The maximum absolute atomic E-state index is 15.4. The van der Waals surface area contributed by atoms with E-state index in [9.17, 15) is 9.90 Å². The van der Waals surface area contributed by atoms with Gasteiger partial charge in [-0.2, -0.15) is 8.78 Å². The summed E-state index contributed by atoms with van der Waals surface area (Å²) in [6, 6.07) is 13.0. The molecule has 3 aromatic rings. The van der Waals surface area contributed by atoms with Gasteiger partial charge in [-0.3, -0.25) is 4.79 Å². The van der Waals surface area contributed by atoms with Crippen LogP contribution in [0.15, 0.2) is 54.6 Å². The number of nitrogens with one attached hydrogen (secondary N) is 1. The molecule has 2 heterocycles. The molecule has 2 N–H and O–H groups in total. The largest absolute Gasteiger partial charge is 0.486 e. The Kier molecular flexibility index (Phi) is 7.01. The lowest BCUT2D eigenvalue weighted by Crippen LogP contribution is -2.50. The van der Waals surface area contributed by atoms with Crippen LogP contribution in [0.5, 0.6) is 11.5 Å². The van der Waals surface area contributed by atoms with Crippen molar-refractivity contribution in [1.29, 1.82) is 0 Å². The first-order valence-electron chi connectivity index (χ1n) is 12.0. The lowest BCUT2D eigenvalue weighted by molar-refractivity contribution is -0.149. The summed E-state index contributed by atoms with van der Waals surface area (Å²) in [5.74, 6) is -4.23. The number of carbonyl (C=O) groups is 1. The Labute approximate surface area is 212 Å². The monoisotopic (exact) mass is 516 g/mol. The van der Waals surface area contributed by atoms with Crippen molar-refractivity contribution in [2.75, 3.05) is 32.8 Å². The summed E-state index contributed by atoms with van der Waals surface area (Å²) in [5.41, 5.74) is 0.0261. The minimum Gasteiger partial charge on any atom is -0.486 e. The van der Waals surface area contributed by atoms with E-state index < -0.39 is 29.5 Å². The van der Waals surface area contributed by atoms with E-state index in [-0.39, 0.29) is 6.54 Å². The van der Waals surface area contributed by atoms with Crippen LogP contribution in [0, 0.1) is 0 Å². The molecule has 0 bridgehead atoms. The molecular weight excluding hydrogens is 490 g/mol. The summed E-state index contributed by atoms with van der Waals surface area (Å²) in [7, 11) is 0. The van der Waals surface area contributed by atoms with E-state index in [1.165, 1.54) is 18.2 Å². The third-order valence-corrected chi connectivity index (χ3v) is 6.94. The predicted molar refractivity (Wildman–Crippen MR) is 133 cm³/mol. The van der Waals surface area contributed by atoms with Crippen LogP contribution < -0.4 is 14.8 Å². The molecule has 5 rings (SSSR count). The fourth-order valence-corrected chi connectivity index (χ4v) is 4.93. The Morgan fingerprint density at radius 1 is 1.00 bits per heavy atom. The average Bonchev–Trinajstić information content (AvgIpc) is 3.40. The molecule has 1 amide bonds. The SMILES string of the molecule is O=C(NC(CN1CCCC1)C(O)c1ccc2c(c1)OCCO2)C(F)(F)c1ccc2cc(Cl)ccc2c1. The second kappa shape index (κ2) is 10.2. The van der Waals surface area contributed by atoms with Gasteiger partial charge in [0.25, 0.3) is 5.91 Å². The first-order valence-corrected chi connectivity index (χ1v) is 12.4. The number of fused-ring (bicyclic) bond motifs is 2. The average molecular weight is 517 g/mol. The molecule has 2 aliphatic heterocycles. The Hall–Kier alpha value is -2.94. The van der Waals surface area contributed by atoms with Crippen LogP contribution in [0.1, 0.15) is 30.1 Å². The molecular formula is C27H27ClF2N2O4. The molecule has 2 unspecified atom stereocenters. The topological polar surface area (TPSA) is 71.0 Å². The smallest absolute Gasteiger partial charge is 0.349 e. The van der Waals surface area contributed by atoms with Gasteiger partial charge in [0.2, 0.25) is 0 Å². The van der Waals surface area contributed by atoms with Crippen LogP contribution in [0.2, 0.25) is 5.02 Å². The maximum atomic E-state index is 15.4. The van der Waals surface area contributed by atoms with Gasteiger partial charge in [0.05, 0.1) is 6.04 Å². The van der Waals surface area contributed by atoms with Crippen LogP contribution >= 0.6 is 11.6 Å². The van der Waals surface area contributed by atoms with Crippen LogP contribution in [0.3, 0.4) is 0 Å². The van der Waals surface area contributed by atoms with Gasteiger partial charge in [-0.1, -0.05) is 35.9 Å². The number of rotatable bonds is 7. The van der Waals surface area contributed by atoms with E-state index in [1.807, 2.05) is 0 Å². The number of benzene rings is 3. The highest BCUT2D eigenvalue weighted by Gasteiger charge is 2.43. The number of nitrogens with zero attached hydrogens (tertiary/aromatic N) is 1. The highest BCUT2D eigenvalue weighted by Crippen LogP contribution is 2.35. The van der Waals surface area contributed by atoms with Crippen molar-refractivity contribution >= 4 is 28.3 Å². The molecule has 0 saturated carbocycles. The molecule has 0 spiro atoms. The van der Waals surface area contributed by atoms with Crippen molar-refractivity contribution in [3.8, 4) is 11.5 Å². The van der Waals surface area contributed by atoms with Crippen molar-refractivity contribution in [3.05, 3.63) is 70.7 Å². The van der Waals surface area contributed by atoms with E-state index in [0.717, 1.165) is 25.9 Å². The second-order valence-corrected chi connectivity index (χ2v) is 9.65. The fraction of sp³-hybridized carbons (Fsp3) is 0.370. The van der Waals surface area contributed by atoms with Gasteiger partial charge in [0.15, 0.2) is 11.5 Å². The third-order valence-electron chi connectivity index (χ3n) is 6.71. The van der Waals surface area contributed by atoms with Crippen molar-refractivity contribution in [2.45, 2.75) is 30.9 Å². The van der Waals surface area contributed by atoms with Gasteiger partial charge < -0.3 is 24.8 Å². The van der Waals surface area contributed by atoms with Crippen LogP contribution in [0.25, 0.3) is 10.8 Å². The number of carbonyl (C=O) groups excluding carboxylic acids is 1. The Bertz CT molecular complexity index is 1270. The lowest BCUT2D eigenvalue weighted by atomic mass is 9.99. The van der Waals surface area contributed by atoms with E-state index in [4.69, 9.17) is 21.1 Å². The van der Waals surface area contributed by atoms with Crippen molar-refractivity contribution < 1.29 is 28.2 Å². The first kappa shape index (κ1) is 24.7. The number of likely N-dealkylation sites (tertiary alicyclic amines) is 1. The molecule has 36 heavy (non-hydrogen) atoms. The van der Waals surface area contributed by atoms with E-state index >= 15 is 8.78 Å². The minimum absolute atomic E-state index is 0.244.